The van der Waals surface area contributed by atoms with Gasteiger partial charge in [0.1, 0.15) is 5.58 Å². The zero-order valence-electron chi connectivity index (χ0n) is 7.84. The SMILES string of the molecule is O=C(O)Oc1c(O)c2ccccc2oc1=O. The van der Waals surface area contributed by atoms with Gasteiger partial charge < -0.3 is 19.4 Å². The van der Waals surface area contributed by atoms with Gasteiger partial charge in [-0.1, -0.05) is 12.1 Å². The molecule has 0 atom stereocenters. The standard InChI is InChI=1S/C10H6O6/c11-7-5-3-1-2-4-6(5)15-9(12)8(7)16-10(13)14/h1-4,11H,(H,13,14). The maximum absolute atomic E-state index is 11.3. The normalized spacial score (nSPS) is 10.2. The van der Waals surface area contributed by atoms with Gasteiger partial charge in [0.2, 0.25) is 0 Å². The minimum atomic E-state index is -1.70. The number of aromatic hydroxyl groups is 1. The Balaban J connectivity index is 2.75. The van der Waals surface area contributed by atoms with Gasteiger partial charge in [0.25, 0.3) is 5.75 Å². The molecular formula is C10H6O6. The Labute approximate surface area is 88.3 Å². The Morgan fingerprint density at radius 2 is 2.00 bits per heavy atom. The lowest BCUT2D eigenvalue weighted by molar-refractivity contribution is 0.141. The number of ether oxygens (including phenoxy) is 1. The van der Waals surface area contributed by atoms with Crippen LogP contribution < -0.4 is 10.4 Å². The molecule has 0 spiro atoms. The molecule has 0 saturated carbocycles. The number of hydrogen-bond acceptors (Lipinski definition) is 5. The lowest BCUT2D eigenvalue weighted by Gasteiger charge is -2.03. The zero-order valence-corrected chi connectivity index (χ0v) is 7.84. The van der Waals surface area contributed by atoms with Crippen molar-refractivity contribution in [3.05, 3.63) is 34.7 Å². The number of rotatable bonds is 1. The van der Waals surface area contributed by atoms with E-state index in [0.29, 0.717) is 0 Å². The van der Waals surface area contributed by atoms with Crippen LogP contribution in [0.5, 0.6) is 11.5 Å². The molecule has 1 aromatic heterocycles. The maximum atomic E-state index is 11.3. The van der Waals surface area contributed by atoms with E-state index in [0.717, 1.165) is 0 Å². The fourth-order valence-corrected chi connectivity index (χ4v) is 1.29. The second-order valence-corrected chi connectivity index (χ2v) is 2.93. The van der Waals surface area contributed by atoms with Crippen molar-refractivity contribution in [2.75, 3.05) is 0 Å². The molecule has 2 rings (SSSR count). The van der Waals surface area contributed by atoms with Crippen molar-refractivity contribution in [2.45, 2.75) is 0 Å². The van der Waals surface area contributed by atoms with E-state index in [-0.39, 0.29) is 11.0 Å². The van der Waals surface area contributed by atoms with Crippen molar-refractivity contribution < 1.29 is 24.2 Å². The van der Waals surface area contributed by atoms with Gasteiger partial charge in [0.05, 0.1) is 5.39 Å². The molecule has 6 nitrogen and oxygen atoms in total. The second-order valence-electron chi connectivity index (χ2n) is 2.93. The van der Waals surface area contributed by atoms with Crippen LogP contribution in [0.15, 0.2) is 33.5 Å². The highest BCUT2D eigenvalue weighted by Crippen LogP contribution is 2.30. The van der Waals surface area contributed by atoms with E-state index in [1.165, 1.54) is 12.1 Å². The van der Waals surface area contributed by atoms with E-state index in [4.69, 9.17) is 9.52 Å². The van der Waals surface area contributed by atoms with Crippen molar-refractivity contribution >= 4 is 17.1 Å². The Bertz CT molecular complexity index is 612. The van der Waals surface area contributed by atoms with E-state index < -0.39 is 23.3 Å². The molecule has 1 heterocycles. The van der Waals surface area contributed by atoms with E-state index in [1.54, 1.807) is 12.1 Å². The second kappa shape index (κ2) is 3.58. The topological polar surface area (TPSA) is 97.0 Å². The maximum Gasteiger partial charge on any atom is 0.511 e. The average Bonchev–Trinajstić information content (AvgIpc) is 2.24. The molecule has 0 radical (unpaired) electrons. The van der Waals surface area contributed by atoms with Crippen LogP contribution in [0.2, 0.25) is 0 Å². The highest BCUT2D eigenvalue weighted by molar-refractivity contribution is 5.85. The molecule has 0 amide bonds. The smallest absolute Gasteiger partial charge is 0.504 e. The minimum Gasteiger partial charge on any atom is -0.504 e. The Kier molecular flexibility index (Phi) is 2.24. The van der Waals surface area contributed by atoms with Gasteiger partial charge in [-0.25, -0.2) is 9.59 Å². The molecule has 0 fully saturated rings. The molecule has 1 aromatic carbocycles. The van der Waals surface area contributed by atoms with E-state index in [1.807, 2.05) is 0 Å². The number of carbonyl (C=O) groups is 1. The quantitative estimate of drug-likeness (QED) is 0.561. The third-order valence-corrected chi connectivity index (χ3v) is 1.93. The van der Waals surface area contributed by atoms with E-state index in [2.05, 4.69) is 4.74 Å². The monoisotopic (exact) mass is 222 g/mol. The fraction of sp³-hybridized carbons (Fsp3) is 0. The largest absolute Gasteiger partial charge is 0.511 e. The van der Waals surface area contributed by atoms with Crippen LogP contribution in [0.3, 0.4) is 0 Å². The molecule has 16 heavy (non-hydrogen) atoms. The van der Waals surface area contributed by atoms with Gasteiger partial charge in [-0.2, -0.15) is 0 Å². The van der Waals surface area contributed by atoms with Crippen molar-refractivity contribution in [3.8, 4) is 11.5 Å². The first-order chi connectivity index (χ1) is 7.59. The van der Waals surface area contributed by atoms with Gasteiger partial charge in [0, 0.05) is 0 Å². The molecular weight excluding hydrogens is 216 g/mol. The lowest BCUT2D eigenvalue weighted by Crippen LogP contribution is -2.11. The summed E-state index contributed by atoms with van der Waals surface area (Å²) in [6.45, 7) is 0. The summed E-state index contributed by atoms with van der Waals surface area (Å²) in [7, 11) is 0. The van der Waals surface area contributed by atoms with Crippen molar-refractivity contribution in [1.29, 1.82) is 0 Å². The highest BCUT2D eigenvalue weighted by atomic mass is 16.7. The van der Waals surface area contributed by atoms with Crippen LogP contribution in [-0.2, 0) is 0 Å². The van der Waals surface area contributed by atoms with E-state index >= 15 is 0 Å². The van der Waals surface area contributed by atoms with Crippen molar-refractivity contribution in [1.82, 2.24) is 0 Å². The molecule has 0 unspecified atom stereocenters. The zero-order chi connectivity index (χ0) is 11.7. The Morgan fingerprint density at radius 3 is 2.69 bits per heavy atom. The molecule has 0 aliphatic carbocycles. The molecule has 0 bridgehead atoms. The third-order valence-electron chi connectivity index (χ3n) is 1.93. The van der Waals surface area contributed by atoms with Gasteiger partial charge >= 0.3 is 11.8 Å². The number of para-hydroxylation sites is 1. The first-order valence-corrected chi connectivity index (χ1v) is 4.25. The molecule has 0 saturated heterocycles. The van der Waals surface area contributed by atoms with Gasteiger partial charge in [-0.05, 0) is 12.1 Å². The van der Waals surface area contributed by atoms with Crippen LogP contribution in [0.25, 0.3) is 11.0 Å². The van der Waals surface area contributed by atoms with Crippen molar-refractivity contribution in [2.24, 2.45) is 0 Å². The van der Waals surface area contributed by atoms with Crippen molar-refractivity contribution in [3.63, 3.8) is 0 Å². The number of fused-ring (bicyclic) bond motifs is 1. The van der Waals surface area contributed by atoms with Crippen LogP contribution in [0, 0.1) is 0 Å². The summed E-state index contributed by atoms with van der Waals surface area (Å²) in [5.74, 6) is -1.28. The third kappa shape index (κ3) is 1.56. The Hall–Kier alpha value is -2.50. The van der Waals surface area contributed by atoms with Crippen LogP contribution in [-0.4, -0.2) is 16.4 Å². The molecule has 2 N–H and O–H groups in total. The van der Waals surface area contributed by atoms with Crippen LogP contribution in [0.1, 0.15) is 0 Å². The summed E-state index contributed by atoms with van der Waals surface area (Å²) in [5.41, 5.74) is -0.888. The summed E-state index contributed by atoms with van der Waals surface area (Å²) in [6, 6.07) is 6.17. The molecule has 0 aliphatic rings. The predicted octanol–water partition coefficient (Wildman–Crippen LogP) is 1.56. The first-order valence-electron chi connectivity index (χ1n) is 4.25. The van der Waals surface area contributed by atoms with Crippen LogP contribution in [0.4, 0.5) is 4.79 Å². The highest BCUT2D eigenvalue weighted by Gasteiger charge is 2.17. The summed E-state index contributed by atoms with van der Waals surface area (Å²) in [5, 5.41) is 18.2. The van der Waals surface area contributed by atoms with Crippen LogP contribution >= 0.6 is 0 Å². The fourth-order valence-electron chi connectivity index (χ4n) is 1.29. The summed E-state index contributed by atoms with van der Waals surface area (Å²) in [6.07, 6.45) is -1.70. The average molecular weight is 222 g/mol. The molecule has 2 aromatic rings. The summed E-state index contributed by atoms with van der Waals surface area (Å²) >= 11 is 0. The summed E-state index contributed by atoms with van der Waals surface area (Å²) < 4.78 is 8.91. The minimum absolute atomic E-state index is 0.155. The molecule has 82 valence electrons. The first kappa shape index (κ1) is 10.0. The van der Waals surface area contributed by atoms with Gasteiger partial charge in [0.15, 0.2) is 5.75 Å². The molecule has 6 heteroatoms. The number of benzene rings is 1. The lowest BCUT2D eigenvalue weighted by atomic mass is 10.2. The number of carboxylic acid groups (broad SMARTS) is 1. The van der Waals surface area contributed by atoms with Gasteiger partial charge in [-0.3, -0.25) is 0 Å². The predicted molar refractivity (Wildman–Crippen MR) is 52.8 cm³/mol. The van der Waals surface area contributed by atoms with Gasteiger partial charge in [-0.15, -0.1) is 0 Å². The Morgan fingerprint density at radius 1 is 1.31 bits per heavy atom. The van der Waals surface area contributed by atoms with E-state index in [9.17, 15) is 14.7 Å². The number of hydrogen-bond donors (Lipinski definition) is 2. The molecule has 0 aliphatic heterocycles. The summed E-state index contributed by atoms with van der Waals surface area (Å²) in [4.78, 5) is 21.6.